The largest absolute Gasteiger partial charge is 0.493 e. The van der Waals surface area contributed by atoms with Crippen molar-refractivity contribution in [3.05, 3.63) is 52.3 Å². The number of methoxy groups -OCH3 is 1. The molecule has 0 amide bonds. The zero-order valence-electron chi connectivity index (χ0n) is 12.9. The van der Waals surface area contributed by atoms with Gasteiger partial charge in [0.05, 0.1) is 13.7 Å². The summed E-state index contributed by atoms with van der Waals surface area (Å²) < 4.78 is 12.1. The van der Waals surface area contributed by atoms with Crippen LogP contribution in [-0.4, -0.2) is 18.7 Å². The van der Waals surface area contributed by atoms with Crippen molar-refractivity contribution < 1.29 is 9.47 Å². The van der Waals surface area contributed by atoms with Gasteiger partial charge in [-0.15, -0.1) is 0 Å². The minimum absolute atomic E-state index is 0.682. The topological polar surface area (TPSA) is 43.4 Å². The quantitative estimate of drug-likeness (QED) is 0.770. The number of halogens is 1. The van der Waals surface area contributed by atoms with Crippen LogP contribution in [0.5, 0.6) is 11.5 Å². The molecule has 1 heterocycles. The highest BCUT2D eigenvalue weighted by Crippen LogP contribution is 2.33. The molecule has 1 N–H and O–H groups in total. The molecule has 4 nitrogen and oxygen atoms in total. The normalized spacial score (nSPS) is 10.5. The molecule has 0 saturated heterocycles. The number of rotatable bonds is 8. The van der Waals surface area contributed by atoms with E-state index < -0.39 is 0 Å². The summed E-state index contributed by atoms with van der Waals surface area (Å²) in [6.45, 7) is 4.27. The van der Waals surface area contributed by atoms with Crippen LogP contribution in [0, 0.1) is 0 Å². The molecule has 118 valence electrons. The van der Waals surface area contributed by atoms with E-state index in [0.29, 0.717) is 6.61 Å². The average Bonchev–Trinajstić information content (AvgIpc) is 2.55. The number of nitrogens with zero attached hydrogens (tertiary/aromatic N) is 1. The van der Waals surface area contributed by atoms with Gasteiger partial charge in [0.15, 0.2) is 11.5 Å². The van der Waals surface area contributed by atoms with Crippen LogP contribution in [0.25, 0.3) is 0 Å². The minimum atomic E-state index is 0.682. The van der Waals surface area contributed by atoms with Gasteiger partial charge in [0.1, 0.15) is 0 Å². The number of nitrogens with one attached hydrogen (secondary N) is 1. The molecule has 1 aromatic heterocycles. The summed E-state index contributed by atoms with van der Waals surface area (Å²) in [5.74, 6) is 1.53. The second kappa shape index (κ2) is 8.76. The molecule has 0 bridgehead atoms. The Bertz CT molecular complexity index is 591. The second-order valence-electron chi connectivity index (χ2n) is 4.91. The molecular formula is C17H21BrN2O2. The summed E-state index contributed by atoms with van der Waals surface area (Å²) in [6, 6.07) is 7.97. The van der Waals surface area contributed by atoms with Gasteiger partial charge in [0, 0.05) is 30.0 Å². The van der Waals surface area contributed by atoms with E-state index in [1.54, 1.807) is 13.3 Å². The van der Waals surface area contributed by atoms with Crippen LogP contribution < -0.4 is 14.8 Å². The van der Waals surface area contributed by atoms with Crippen LogP contribution in [0.2, 0.25) is 0 Å². The maximum absolute atomic E-state index is 5.70. The Hall–Kier alpha value is -1.59. The van der Waals surface area contributed by atoms with Crippen molar-refractivity contribution in [1.29, 1.82) is 0 Å². The van der Waals surface area contributed by atoms with E-state index in [1.807, 2.05) is 24.4 Å². The van der Waals surface area contributed by atoms with Crippen LogP contribution in [0.1, 0.15) is 24.5 Å². The smallest absolute Gasteiger partial charge is 0.162 e. The lowest BCUT2D eigenvalue weighted by Gasteiger charge is -2.14. The first kappa shape index (κ1) is 16.8. The van der Waals surface area contributed by atoms with Gasteiger partial charge in [-0.25, -0.2) is 0 Å². The van der Waals surface area contributed by atoms with E-state index in [1.165, 1.54) is 0 Å². The third-order valence-electron chi connectivity index (χ3n) is 3.16. The van der Waals surface area contributed by atoms with Crippen LogP contribution in [-0.2, 0) is 13.1 Å². The molecule has 1 aromatic carbocycles. The third-order valence-corrected chi connectivity index (χ3v) is 3.90. The van der Waals surface area contributed by atoms with Crippen molar-refractivity contribution >= 4 is 15.9 Å². The van der Waals surface area contributed by atoms with Gasteiger partial charge in [0.25, 0.3) is 0 Å². The van der Waals surface area contributed by atoms with Crippen molar-refractivity contribution in [3.8, 4) is 11.5 Å². The van der Waals surface area contributed by atoms with Crippen molar-refractivity contribution in [1.82, 2.24) is 10.3 Å². The van der Waals surface area contributed by atoms with Gasteiger partial charge in [-0.05, 0) is 35.7 Å². The molecular weight excluding hydrogens is 344 g/mol. The fraction of sp³-hybridized carbons (Fsp3) is 0.353. The second-order valence-corrected chi connectivity index (χ2v) is 5.76. The maximum atomic E-state index is 5.70. The van der Waals surface area contributed by atoms with Gasteiger partial charge in [-0.2, -0.15) is 0 Å². The standard InChI is InChI=1S/C17H21BrN2O2/c1-3-7-22-17-9-15(18)14(8-16(17)21-2)12-20-11-13-5-4-6-19-10-13/h4-6,8-10,20H,3,7,11-12H2,1-2H3. The zero-order chi connectivity index (χ0) is 15.8. The highest BCUT2D eigenvalue weighted by molar-refractivity contribution is 9.10. The Balaban J connectivity index is 2.01. The first-order valence-electron chi connectivity index (χ1n) is 7.33. The summed E-state index contributed by atoms with van der Waals surface area (Å²) in [5.41, 5.74) is 2.29. The highest BCUT2D eigenvalue weighted by atomic mass is 79.9. The average molecular weight is 365 g/mol. The Kier molecular flexibility index (Phi) is 6.68. The Morgan fingerprint density at radius 2 is 2.09 bits per heavy atom. The lowest BCUT2D eigenvalue weighted by molar-refractivity contribution is 0.294. The third kappa shape index (κ3) is 4.71. The van der Waals surface area contributed by atoms with E-state index in [0.717, 1.165) is 46.6 Å². The molecule has 0 aliphatic rings. The van der Waals surface area contributed by atoms with Crippen molar-refractivity contribution in [3.63, 3.8) is 0 Å². The Morgan fingerprint density at radius 1 is 1.23 bits per heavy atom. The molecule has 0 saturated carbocycles. The van der Waals surface area contributed by atoms with Gasteiger partial charge in [-0.3, -0.25) is 4.98 Å². The van der Waals surface area contributed by atoms with Crippen molar-refractivity contribution in [2.75, 3.05) is 13.7 Å². The van der Waals surface area contributed by atoms with E-state index in [9.17, 15) is 0 Å². The maximum Gasteiger partial charge on any atom is 0.162 e. The van der Waals surface area contributed by atoms with E-state index in [-0.39, 0.29) is 0 Å². The number of hydrogen-bond donors (Lipinski definition) is 1. The molecule has 5 heteroatoms. The number of hydrogen-bond acceptors (Lipinski definition) is 4. The Labute approximate surface area is 140 Å². The predicted molar refractivity (Wildman–Crippen MR) is 91.3 cm³/mol. The molecule has 2 aromatic rings. The molecule has 0 radical (unpaired) electrons. The van der Waals surface area contributed by atoms with Crippen molar-refractivity contribution in [2.24, 2.45) is 0 Å². The SMILES string of the molecule is CCCOc1cc(Br)c(CNCc2cccnc2)cc1OC. The fourth-order valence-electron chi connectivity index (χ4n) is 2.04. The van der Waals surface area contributed by atoms with E-state index in [4.69, 9.17) is 9.47 Å². The van der Waals surface area contributed by atoms with Crippen LogP contribution in [0.15, 0.2) is 41.1 Å². The van der Waals surface area contributed by atoms with Gasteiger partial charge in [0.2, 0.25) is 0 Å². The number of pyridine rings is 1. The first-order chi connectivity index (χ1) is 10.7. The summed E-state index contributed by atoms with van der Waals surface area (Å²) in [4.78, 5) is 4.11. The molecule has 22 heavy (non-hydrogen) atoms. The minimum Gasteiger partial charge on any atom is -0.493 e. The summed E-state index contributed by atoms with van der Waals surface area (Å²) in [7, 11) is 1.66. The fourth-order valence-corrected chi connectivity index (χ4v) is 2.50. The molecule has 0 atom stereocenters. The number of benzene rings is 1. The molecule has 0 unspecified atom stereocenters. The first-order valence-corrected chi connectivity index (χ1v) is 8.12. The van der Waals surface area contributed by atoms with Gasteiger partial charge >= 0.3 is 0 Å². The lowest BCUT2D eigenvalue weighted by Crippen LogP contribution is -2.13. The van der Waals surface area contributed by atoms with Crippen LogP contribution in [0.4, 0.5) is 0 Å². The molecule has 0 aliphatic carbocycles. The number of ether oxygens (including phenoxy) is 2. The monoisotopic (exact) mass is 364 g/mol. The van der Waals surface area contributed by atoms with Crippen LogP contribution in [0.3, 0.4) is 0 Å². The van der Waals surface area contributed by atoms with E-state index in [2.05, 4.69) is 39.2 Å². The summed E-state index contributed by atoms with van der Waals surface area (Å²) in [5, 5.41) is 3.41. The van der Waals surface area contributed by atoms with Crippen LogP contribution >= 0.6 is 15.9 Å². The van der Waals surface area contributed by atoms with Gasteiger partial charge < -0.3 is 14.8 Å². The summed E-state index contributed by atoms with van der Waals surface area (Å²) >= 11 is 3.60. The highest BCUT2D eigenvalue weighted by Gasteiger charge is 2.10. The lowest BCUT2D eigenvalue weighted by atomic mass is 10.2. The zero-order valence-corrected chi connectivity index (χ0v) is 14.5. The molecule has 2 rings (SSSR count). The van der Waals surface area contributed by atoms with Crippen molar-refractivity contribution in [2.45, 2.75) is 26.4 Å². The Morgan fingerprint density at radius 3 is 2.77 bits per heavy atom. The number of aromatic nitrogens is 1. The summed E-state index contributed by atoms with van der Waals surface area (Å²) in [6.07, 6.45) is 4.61. The molecule has 0 aliphatic heterocycles. The predicted octanol–water partition coefficient (Wildman–Crippen LogP) is 3.93. The molecule has 0 fully saturated rings. The molecule has 0 spiro atoms. The van der Waals surface area contributed by atoms with Gasteiger partial charge in [-0.1, -0.05) is 28.9 Å². The van der Waals surface area contributed by atoms with E-state index >= 15 is 0 Å².